The Hall–Kier alpha value is -0.510. The summed E-state index contributed by atoms with van der Waals surface area (Å²) >= 11 is 7.42. The van der Waals surface area contributed by atoms with Crippen LogP contribution in [0, 0.1) is 5.92 Å². The molecule has 0 spiro atoms. The molecule has 0 aliphatic rings. The number of aliphatic hydroxyl groups is 1. The fourth-order valence-corrected chi connectivity index (χ4v) is 2.51. The molecule has 1 rings (SSSR count). The van der Waals surface area contributed by atoms with Crippen molar-refractivity contribution in [2.75, 3.05) is 12.4 Å². The minimum absolute atomic E-state index is 0.0858. The standard InChI is InChI=1S/C13H17ClO2S/c1-9(7-15)8-17-10(2)13(16)11-4-3-5-12(14)6-11/h3-6,9-10,15H,7-8H2,1-2H3. The van der Waals surface area contributed by atoms with Crippen LogP contribution in [-0.2, 0) is 0 Å². The number of benzene rings is 1. The molecule has 0 bridgehead atoms. The van der Waals surface area contributed by atoms with Gasteiger partial charge in [-0.1, -0.05) is 30.7 Å². The lowest BCUT2D eigenvalue weighted by molar-refractivity contribution is 0.0994. The lowest BCUT2D eigenvalue weighted by Crippen LogP contribution is -2.16. The quantitative estimate of drug-likeness (QED) is 0.808. The van der Waals surface area contributed by atoms with E-state index in [-0.39, 0.29) is 23.6 Å². The summed E-state index contributed by atoms with van der Waals surface area (Å²) in [6, 6.07) is 7.00. The topological polar surface area (TPSA) is 37.3 Å². The van der Waals surface area contributed by atoms with Crippen LogP contribution in [0.4, 0.5) is 0 Å². The van der Waals surface area contributed by atoms with Gasteiger partial charge in [0.1, 0.15) is 0 Å². The summed E-state index contributed by atoms with van der Waals surface area (Å²) in [6.45, 7) is 4.01. The van der Waals surface area contributed by atoms with E-state index < -0.39 is 0 Å². The molecule has 2 nitrogen and oxygen atoms in total. The Labute approximate surface area is 111 Å². The minimum Gasteiger partial charge on any atom is -0.396 e. The van der Waals surface area contributed by atoms with E-state index in [9.17, 15) is 4.79 Å². The molecule has 1 aromatic rings. The molecule has 0 heterocycles. The summed E-state index contributed by atoms with van der Waals surface area (Å²) in [4.78, 5) is 12.1. The van der Waals surface area contributed by atoms with Crippen molar-refractivity contribution in [2.45, 2.75) is 19.1 Å². The molecule has 0 aromatic heterocycles. The number of carbonyl (C=O) groups excluding carboxylic acids is 1. The first kappa shape index (κ1) is 14.6. The van der Waals surface area contributed by atoms with E-state index in [2.05, 4.69) is 0 Å². The number of hydrogen-bond donors (Lipinski definition) is 1. The highest BCUT2D eigenvalue weighted by molar-refractivity contribution is 8.00. The van der Waals surface area contributed by atoms with E-state index in [1.165, 1.54) is 0 Å². The van der Waals surface area contributed by atoms with Crippen molar-refractivity contribution in [3.05, 3.63) is 34.9 Å². The van der Waals surface area contributed by atoms with E-state index in [1.807, 2.05) is 13.8 Å². The monoisotopic (exact) mass is 272 g/mol. The molecule has 0 aliphatic carbocycles. The zero-order valence-corrected chi connectivity index (χ0v) is 11.6. The maximum atomic E-state index is 12.1. The predicted molar refractivity (Wildman–Crippen MR) is 74.0 cm³/mol. The van der Waals surface area contributed by atoms with Gasteiger partial charge in [0.2, 0.25) is 0 Å². The number of aliphatic hydroxyl groups excluding tert-OH is 1. The average Bonchev–Trinajstić information content (AvgIpc) is 2.34. The Morgan fingerprint density at radius 2 is 2.18 bits per heavy atom. The van der Waals surface area contributed by atoms with Crippen molar-refractivity contribution in [1.29, 1.82) is 0 Å². The van der Waals surface area contributed by atoms with Crippen LogP contribution in [0.25, 0.3) is 0 Å². The zero-order chi connectivity index (χ0) is 12.8. The largest absolute Gasteiger partial charge is 0.396 e. The summed E-state index contributed by atoms with van der Waals surface area (Å²) in [5.74, 6) is 1.08. The van der Waals surface area contributed by atoms with Crippen LogP contribution >= 0.6 is 23.4 Å². The van der Waals surface area contributed by atoms with Gasteiger partial charge in [-0.15, -0.1) is 0 Å². The van der Waals surface area contributed by atoms with Gasteiger partial charge >= 0.3 is 0 Å². The fourth-order valence-electron chi connectivity index (χ4n) is 1.31. The normalized spacial score (nSPS) is 14.4. The highest BCUT2D eigenvalue weighted by Crippen LogP contribution is 2.20. The molecule has 2 atom stereocenters. The number of halogens is 1. The Kier molecular flexibility index (Phi) is 6.03. The SMILES string of the molecule is CC(CO)CSC(C)C(=O)c1cccc(Cl)c1. The number of Topliss-reactive ketones (excluding diaryl/α,β-unsaturated/α-hetero) is 1. The van der Waals surface area contributed by atoms with E-state index in [0.717, 1.165) is 5.75 Å². The van der Waals surface area contributed by atoms with Crippen LogP contribution in [0.3, 0.4) is 0 Å². The molecule has 94 valence electrons. The molecule has 0 fully saturated rings. The highest BCUT2D eigenvalue weighted by atomic mass is 35.5. The van der Waals surface area contributed by atoms with Crippen LogP contribution in [0.5, 0.6) is 0 Å². The molecule has 2 unspecified atom stereocenters. The van der Waals surface area contributed by atoms with E-state index >= 15 is 0 Å². The number of carbonyl (C=O) groups is 1. The number of thioether (sulfide) groups is 1. The second-order valence-corrected chi connectivity index (χ2v) is 5.95. The van der Waals surface area contributed by atoms with Crippen LogP contribution in [0.15, 0.2) is 24.3 Å². The van der Waals surface area contributed by atoms with Gasteiger partial charge in [-0.25, -0.2) is 0 Å². The van der Waals surface area contributed by atoms with Gasteiger partial charge < -0.3 is 5.11 Å². The first-order valence-corrected chi connectivity index (χ1v) is 6.99. The highest BCUT2D eigenvalue weighted by Gasteiger charge is 2.16. The molecule has 17 heavy (non-hydrogen) atoms. The summed E-state index contributed by atoms with van der Waals surface area (Å²) < 4.78 is 0. The lowest BCUT2D eigenvalue weighted by atomic mass is 10.1. The maximum absolute atomic E-state index is 12.1. The molecule has 0 saturated carbocycles. The molecule has 4 heteroatoms. The van der Waals surface area contributed by atoms with Crippen LogP contribution in [-0.4, -0.2) is 28.5 Å². The smallest absolute Gasteiger partial charge is 0.175 e. The van der Waals surface area contributed by atoms with Gasteiger partial charge in [0.25, 0.3) is 0 Å². The Balaban J connectivity index is 2.58. The van der Waals surface area contributed by atoms with Crippen molar-refractivity contribution in [2.24, 2.45) is 5.92 Å². The average molecular weight is 273 g/mol. The first-order valence-electron chi connectivity index (χ1n) is 5.56. The molecule has 1 aromatic carbocycles. The zero-order valence-electron chi connectivity index (χ0n) is 10.0. The summed E-state index contributed by atoms with van der Waals surface area (Å²) in [5.41, 5.74) is 0.647. The van der Waals surface area contributed by atoms with Gasteiger partial charge in [0.15, 0.2) is 5.78 Å². The molecule has 0 aliphatic heterocycles. The molecular formula is C13H17ClO2S. The Morgan fingerprint density at radius 3 is 2.76 bits per heavy atom. The van der Waals surface area contributed by atoms with Crippen molar-refractivity contribution < 1.29 is 9.90 Å². The third-order valence-corrected chi connectivity index (χ3v) is 4.13. The molecule has 0 amide bonds. The number of rotatable bonds is 6. The van der Waals surface area contributed by atoms with Gasteiger partial charge in [0.05, 0.1) is 5.25 Å². The van der Waals surface area contributed by atoms with Crippen molar-refractivity contribution in [3.63, 3.8) is 0 Å². The van der Waals surface area contributed by atoms with Gasteiger partial charge in [-0.2, -0.15) is 11.8 Å². The van der Waals surface area contributed by atoms with Crippen LogP contribution < -0.4 is 0 Å². The molecular weight excluding hydrogens is 256 g/mol. The first-order chi connectivity index (χ1) is 8.04. The van der Waals surface area contributed by atoms with E-state index in [1.54, 1.807) is 36.0 Å². The molecule has 0 radical (unpaired) electrons. The van der Waals surface area contributed by atoms with Crippen LogP contribution in [0.2, 0.25) is 5.02 Å². The Bertz CT molecular complexity index is 381. The second-order valence-electron chi connectivity index (χ2n) is 4.14. The van der Waals surface area contributed by atoms with E-state index in [0.29, 0.717) is 10.6 Å². The second kappa shape index (κ2) is 7.04. The number of hydrogen-bond acceptors (Lipinski definition) is 3. The predicted octanol–water partition coefficient (Wildman–Crippen LogP) is 3.27. The summed E-state index contributed by atoms with van der Waals surface area (Å²) in [7, 11) is 0. The summed E-state index contributed by atoms with van der Waals surface area (Å²) in [6.07, 6.45) is 0. The van der Waals surface area contributed by atoms with Crippen LogP contribution in [0.1, 0.15) is 24.2 Å². The van der Waals surface area contributed by atoms with Gasteiger partial charge in [-0.05, 0) is 30.7 Å². The van der Waals surface area contributed by atoms with E-state index in [4.69, 9.17) is 16.7 Å². The fraction of sp³-hybridized carbons (Fsp3) is 0.462. The van der Waals surface area contributed by atoms with Crippen molar-refractivity contribution in [3.8, 4) is 0 Å². The lowest BCUT2D eigenvalue weighted by Gasteiger charge is -2.13. The third kappa shape index (κ3) is 4.70. The van der Waals surface area contributed by atoms with Crippen molar-refractivity contribution in [1.82, 2.24) is 0 Å². The summed E-state index contributed by atoms with van der Waals surface area (Å²) in [5, 5.41) is 9.40. The van der Waals surface area contributed by atoms with Gasteiger partial charge in [-0.3, -0.25) is 4.79 Å². The minimum atomic E-state index is -0.109. The molecule has 0 saturated heterocycles. The maximum Gasteiger partial charge on any atom is 0.175 e. The molecule has 1 N–H and O–H groups in total. The number of ketones is 1. The Morgan fingerprint density at radius 1 is 1.47 bits per heavy atom. The van der Waals surface area contributed by atoms with Gasteiger partial charge in [0, 0.05) is 17.2 Å². The van der Waals surface area contributed by atoms with Crippen molar-refractivity contribution >= 4 is 29.1 Å². The third-order valence-electron chi connectivity index (χ3n) is 2.42.